The smallest absolute Gasteiger partial charge is 0.261 e. The molecule has 3 N–H and O–H groups in total. The minimum absolute atomic E-state index is 0.0583. The molecule has 0 fully saturated rings. The molecule has 0 aliphatic carbocycles. The van der Waals surface area contributed by atoms with Crippen molar-refractivity contribution < 1.29 is 14.6 Å². The zero-order valence-corrected chi connectivity index (χ0v) is 17.5. The number of hydrogen-bond donors (Lipinski definition) is 3. The van der Waals surface area contributed by atoms with Crippen LogP contribution in [0.2, 0.25) is 0 Å². The molecule has 0 saturated carbocycles. The highest BCUT2D eigenvalue weighted by Gasteiger charge is 2.16. The number of amides is 1. The van der Waals surface area contributed by atoms with Crippen molar-refractivity contribution in [2.24, 2.45) is 0 Å². The van der Waals surface area contributed by atoms with Gasteiger partial charge in [-0.15, -0.1) is 0 Å². The SMILES string of the molecule is CCC(CO)NC(=S)NC(=O)c1cc(Br)ccc1OCCc1ccccc1. The molecule has 5 nitrogen and oxygen atoms in total. The van der Waals surface area contributed by atoms with Gasteiger partial charge in [0, 0.05) is 10.9 Å². The summed E-state index contributed by atoms with van der Waals surface area (Å²) in [4.78, 5) is 12.6. The molecule has 0 heterocycles. The molecule has 1 atom stereocenters. The second kappa shape index (κ2) is 11.0. The van der Waals surface area contributed by atoms with Crippen LogP contribution in [-0.2, 0) is 6.42 Å². The minimum atomic E-state index is -0.365. The van der Waals surface area contributed by atoms with E-state index in [-0.39, 0.29) is 23.7 Å². The number of aliphatic hydroxyl groups excluding tert-OH is 1. The molecule has 144 valence electrons. The number of thiocarbonyl (C=S) groups is 1. The van der Waals surface area contributed by atoms with Crippen LogP contribution in [0.5, 0.6) is 5.75 Å². The van der Waals surface area contributed by atoms with Gasteiger partial charge in [0.15, 0.2) is 5.11 Å². The molecule has 0 aliphatic heterocycles. The first-order valence-electron chi connectivity index (χ1n) is 8.72. The van der Waals surface area contributed by atoms with Crippen molar-refractivity contribution >= 4 is 39.2 Å². The monoisotopic (exact) mass is 450 g/mol. The summed E-state index contributed by atoms with van der Waals surface area (Å²) >= 11 is 8.54. The molecule has 0 aromatic heterocycles. The molecule has 0 aliphatic rings. The molecule has 0 bridgehead atoms. The third-order valence-corrected chi connectivity index (χ3v) is 4.67. The van der Waals surface area contributed by atoms with Gasteiger partial charge in [-0.1, -0.05) is 53.2 Å². The molecule has 0 radical (unpaired) electrons. The van der Waals surface area contributed by atoms with E-state index in [4.69, 9.17) is 17.0 Å². The van der Waals surface area contributed by atoms with Crippen molar-refractivity contribution in [2.75, 3.05) is 13.2 Å². The van der Waals surface area contributed by atoms with E-state index in [1.165, 1.54) is 5.56 Å². The number of benzene rings is 2. The highest BCUT2D eigenvalue weighted by molar-refractivity contribution is 9.10. The maximum atomic E-state index is 12.6. The van der Waals surface area contributed by atoms with E-state index in [1.54, 1.807) is 12.1 Å². The number of aliphatic hydroxyl groups is 1. The van der Waals surface area contributed by atoms with Crippen molar-refractivity contribution in [3.05, 3.63) is 64.1 Å². The van der Waals surface area contributed by atoms with Gasteiger partial charge in [0.05, 0.1) is 24.8 Å². The summed E-state index contributed by atoms with van der Waals surface area (Å²) in [6.45, 7) is 2.32. The fourth-order valence-corrected chi connectivity index (χ4v) is 3.02. The van der Waals surface area contributed by atoms with Gasteiger partial charge >= 0.3 is 0 Å². The standard InChI is InChI=1S/C20H23BrN2O3S/c1-2-16(13-24)22-20(27)23-19(25)17-12-15(21)8-9-18(17)26-11-10-14-6-4-3-5-7-14/h3-9,12,16,24H,2,10-11,13H2,1H3,(H2,22,23,25,27). The van der Waals surface area contributed by atoms with Crippen LogP contribution in [0.1, 0.15) is 29.3 Å². The average Bonchev–Trinajstić information content (AvgIpc) is 2.68. The number of carbonyl (C=O) groups is 1. The molecule has 2 aromatic carbocycles. The van der Waals surface area contributed by atoms with Gasteiger partial charge in [-0.3, -0.25) is 10.1 Å². The van der Waals surface area contributed by atoms with Crippen LogP contribution >= 0.6 is 28.1 Å². The predicted molar refractivity (Wildman–Crippen MR) is 114 cm³/mol. The van der Waals surface area contributed by atoms with Crippen LogP contribution in [0.15, 0.2) is 53.0 Å². The molecule has 27 heavy (non-hydrogen) atoms. The number of carbonyl (C=O) groups excluding carboxylic acids is 1. The van der Waals surface area contributed by atoms with Crippen molar-refractivity contribution in [2.45, 2.75) is 25.8 Å². The first-order chi connectivity index (χ1) is 13.0. The van der Waals surface area contributed by atoms with E-state index in [0.717, 1.165) is 10.9 Å². The fourth-order valence-electron chi connectivity index (χ4n) is 2.40. The maximum Gasteiger partial charge on any atom is 0.261 e. The number of hydrogen-bond acceptors (Lipinski definition) is 4. The Hall–Kier alpha value is -1.96. The van der Waals surface area contributed by atoms with Crippen molar-refractivity contribution in [1.82, 2.24) is 10.6 Å². The number of nitrogens with one attached hydrogen (secondary N) is 2. The van der Waals surface area contributed by atoms with Gasteiger partial charge in [-0.25, -0.2) is 0 Å². The lowest BCUT2D eigenvalue weighted by atomic mass is 10.1. The van der Waals surface area contributed by atoms with E-state index >= 15 is 0 Å². The van der Waals surface area contributed by atoms with Crippen LogP contribution in [0.3, 0.4) is 0 Å². The van der Waals surface area contributed by atoms with Gasteiger partial charge in [-0.05, 0) is 42.4 Å². The van der Waals surface area contributed by atoms with Gasteiger partial charge in [0.2, 0.25) is 0 Å². The summed E-state index contributed by atoms with van der Waals surface area (Å²) in [5, 5.41) is 15.0. The van der Waals surface area contributed by atoms with Crippen LogP contribution in [0, 0.1) is 0 Å². The van der Waals surface area contributed by atoms with Crippen LogP contribution in [-0.4, -0.2) is 35.4 Å². The molecular formula is C20H23BrN2O3S. The summed E-state index contributed by atoms with van der Waals surface area (Å²) in [5.41, 5.74) is 1.55. The molecule has 7 heteroatoms. The molecule has 0 saturated heterocycles. The van der Waals surface area contributed by atoms with Crippen molar-refractivity contribution in [1.29, 1.82) is 0 Å². The minimum Gasteiger partial charge on any atom is -0.492 e. The Bertz CT molecular complexity index is 767. The summed E-state index contributed by atoms with van der Waals surface area (Å²) < 4.78 is 6.60. The summed E-state index contributed by atoms with van der Waals surface area (Å²) in [7, 11) is 0. The third-order valence-electron chi connectivity index (χ3n) is 3.95. The van der Waals surface area contributed by atoms with Crippen LogP contribution in [0.4, 0.5) is 0 Å². The molecular weight excluding hydrogens is 428 g/mol. The summed E-state index contributed by atoms with van der Waals surface area (Å²) in [6.07, 6.45) is 1.43. The van der Waals surface area contributed by atoms with Crippen LogP contribution < -0.4 is 15.4 Å². The Morgan fingerprint density at radius 1 is 1.26 bits per heavy atom. The van der Waals surface area contributed by atoms with Gasteiger partial charge in [0.1, 0.15) is 5.75 Å². The first-order valence-corrected chi connectivity index (χ1v) is 9.92. The third kappa shape index (κ3) is 6.93. The lowest BCUT2D eigenvalue weighted by molar-refractivity contribution is 0.0972. The topological polar surface area (TPSA) is 70.6 Å². The fraction of sp³-hybridized carbons (Fsp3) is 0.300. The number of rotatable bonds is 8. The largest absolute Gasteiger partial charge is 0.492 e. The van der Waals surface area contributed by atoms with Crippen LogP contribution in [0.25, 0.3) is 0 Å². The van der Waals surface area contributed by atoms with Gasteiger partial charge in [0.25, 0.3) is 5.91 Å². The van der Waals surface area contributed by atoms with Gasteiger partial charge in [-0.2, -0.15) is 0 Å². The lowest BCUT2D eigenvalue weighted by Crippen LogP contribution is -2.45. The maximum absolute atomic E-state index is 12.6. The Balaban J connectivity index is 2.01. The Labute approximate surface area is 173 Å². The van der Waals surface area contributed by atoms with E-state index in [9.17, 15) is 9.90 Å². The summed E-state index contributed by atoms with van der Waals surface area (Å²) in [5.74, 6) is 0.125. The Morgan fingerprint density at radius 2 is 2.00 bits per heavy atom. The highest BCUT2D eigenvalue weighted by atomic mass is 79.9. The van der Waals surface area contributed by atoms with E-state index in [2.05, 4.69) is 26.6 Å². The Morgan fingerprint density at radius 3 is 2.67 bits per heavy atom. The highest BCUT2D eigenvalue weighted by Crippen LogP contribution is 2.23. The quantitative estimate of drug-likeness (QED) is 0.537. The zero-order chi connectivity index (χ0) is 19.6. The molecule has 2 rings (SSSR count). The van der Waals surface area contributed by atoms with Gasteiger partial charge < -0.3 is 15.2 Å². The predicted octanol–water partition coefficient (Wildman–Crippen LogP) is 3.45. The Kier molecular flexibility index (Phi) is 8.71. The first kappa shape index (κ1) is 21.3. The molecule has 1 amide bonds. The second-order valence-corrected chi connectivity index (χ2v) is 7.26. The number of halogens is 1. The summed E-state index contributed by atoms with van der Waals surface area (Å²) in [6, 6.07) is 15.1. The van der Waals surface area contributed by atoms with Crippen molar-refractivity contribution in [3.63, 3.8) is 0 Å². The average molecular weight is 451 g/mol. The van der Waals surface area contributed by atoms with E-state index < -0.39 is 0 Å². The lowest BCUT2D eigenvalue weighted by Gasteiger charge is -2.17. The zero-order valence-electron chi connectivity index (χ0n) is 15.1. The molecule has 2 aromatic rings. The van der Waals surface area contributed by atoms with E-state index in [1.807, 2.05) is 43.3 Å². The number of ether oxygens (including phenoxy) is 1. The van der Waals surface area contributed by atoms with E-state index in [0.29, 0.717) is 24.3 Å². The van der Waals surface area contributed by atoms with Crippen molar-refractivity contribution in [3.8, 4) is 5.75 Å². The second-order valence-electron chi connectivity index (χ2n) is 5.94. The molecule has 1 unspecified atom stereocenters. The molecule has 0 spiro atoms. The normalized spacial score (nSPS) is 11.5.